The summed E-state index contributed by atoms with van der Waals surface area (Å²) < 4.78 is 0.698. The van der Waals surface area contributed by atoms with Crippen LogP contribution in [0.2, 0.25) is 0 Å². The van der Waals surface area contributed by atoms with Crippen LogP contribution in [-0.4, -0.2) is 9.97 Å². The number of nitrogens with zero attached hydrogens (tertiary/aromatic N) is 2. The van der Waals surface area contributed by atoms with E-state index in [0.29, 0.717) is 15.6 Å². The largest absolute Gasteiger partial charge is 0.383 e. The van der Waals surface area contributed by atoms with E-state index in [4.69, 9.17) is 11.5 Å². The van der Waals surface area contributed by atoms with Crippen LogP contribution >= 0.6 is 31.9 Å². The smallest absolute Gasteiger partial charge is 0.222 e. The van der Waals surface area contributed by atoms with Crippen LogP contribution < -0.4 is 11.5 Å². The Hall–Kier alpha value is -0.360. The second-order valence-electron chi connectivity index (χ2n) is 1.86. The fraction of sp³-hybridized carbons (Fsp3) is 0.200. The molecule has 1 heterocycles. The first-order valence-electron chi connectivity index (χ1n) is 2.78. The Bertz CT molecular complexity index is 275. The number of nitrogen functional groups attached to an aromatic ring is 2. The maximum absolute atomic E-state index is 5.50. The highest BCUT2D eigenvalue weighted by Gasteiger charge is 2.06. The minimum atomic E-state index is 0.195. The number of hydrogen-bond acceptors (Lipinski definition) is 4. The molecule has 0 bridgehead atoms. The second kappa shape index (κ2) is 3.36. The quantitative estimate of drug-likeness (QED) is 0.761. The summed E-state index contributed by atoms with van der Waals surface area (Å²) in [5, 5.41) is 0.602. The number of hydrogen-bond donors (Lipinski definition) is 2. The Labute approximate surface area is 80.7 Å². The van der Waals surface area contributed by atoms with Crippen LogP contribution in [-0.2, 0) is 5.33 Å². The molecular formula is C5H6Br2N4. The lowest BCUT2D eigenvalue weighted by Crippen LogP contribution is -2.03. The molecule has 0 aliphatic heterocycles. The van der Waals surface area contributed by atoms with E-state index in [1.54, 1.807) is 0 Å². The molecule has 0 saturated carbocycles. The van der Waals surface area contributed by atoms with Crippen LogP contribution in [0.25, 0.3) is 0 Å². The third-order valence-corrected chi connectivity index (χ3v) is 2.48. The van der Waals surface area contributed by atoms with E-state index >= 15 is 0 Å². The molecule has 1 aromatic heterocycles. The van der Waals surface area contributed by atoms with Crippen molar-refractivity contribution in [3.05, 3.63) is 10.2 Å². The second-order valence-corrected chi connectivity index (χ2v) is 3.22. The molecule has 1 aromatic rings. The monoisotopic (exact) mass is 280 g/mol. The van der Waals surface area contributed by atoms with Crippen molar-refractivity contribution in [3.63, 3.8) is 0 Å². The Kier molecular flexibility index (Phi) is 2.67. The summed E-state index contributed by atoms with van der Waals surface area (Å²) in [5.41, 5.74) is 11.6. The predicted octanol–water partition coefficient (Wildman–Crippen LogP) is 1.30. The molecule has 0 fully saturated rings. The summed E-state index contributed by atoms with van der Waals surface area (Å²) >= 11 is 6.48. The lowest BCUT2D eigenvalue weighted by molar-refractivity contribution is 1.10. The molecule has 0 radical (unpaired) electrons. The molecule has 4 N–H and O–H groups in total. The van der Waals surface area contributed by atoms with Crippen molar-refractivity contribution in [2.45, 2.75) is 5.33 Å². The summed E-state index contributed by atoms with van der Waals surface area (Å²) in [6, 6.07) is 0. The van der Waals surface area contributed by atoms with E-state index in [2.05, 4.69) is 41.8 Å². The molecule has 0 atom stereocenters. The number of anilines is 2. The zero-order chi connectivity index (χ0) is 8.43. The van der Waals surface area contributed by atoms with E-state index in [1.165, 1.54) is 0 Å². The van der Waals surface area contributed by atoms with Gasteiger partial charge in [-0.2, -0.15) is 4.98 Å². The molecule has 11 heavy (non-hydrogen) atoms. The van der Waals surface area contributed by atoms with Crippen LogP contribution in [0.4, 0.5) is 11.8 Å². The number of rotatable bonds is 1. The maximum Gasteiger partial charge on any atom is 0.222 e. The highest BCUT2D eigenvalue weighted by Crippen LogP contribution is 2.22. The minimum Gasteiger partial charge on any atom is -0.383 e. The van der Waals surface area contributed by atoms with Gasteiger partial charge in [0.2, 0.25) is 5.95 Å². The van der Waals surface area contributed by atoms with Crippen molar-refractivity contribution in [2.75, 3.05) is 11.5 Å². The van der Waals surface area contributed by atoms with E-state index in [1.807, 2.05) is 0 Å². The van der Waals surface area contributed by atoms with Crippen LogP contribution in [0.3, 0.4) is 0 Å². The third kappa shape index (κ3) is 1.81. The number of alkyl halides is 1. The van der Waals surface area contributed by atoms with E-state index < -0.39 is 0 Å². The molecule has 6 heteroatoms. The Balaban J connectivity index is 3.24. The van der Waals surface area contributed by atoms with Gasteiger partial charge in [-0.15, -0.1) is 0 Å². The summed E-state index contributed by atoms with van der Waals surface area (Å²) in [4.78, 5) is 7.70. The molecule has 0 aliphatic carbocycles. The molecular weight excluding hydrogens is 276 g/mol. The van der Waals surface area contributed by atoms with Gasteiger partial charge in [-0.25, -0.2) is 4.98 Å². The normalized spacial score (nSPS) is 10.0. The van der Waals surface area contributed by atoms with E-state index in [-0.39, 0.29) is 5.95 Å². The summed E-state index contributed by atoms with van der Waals surface area (Å²) in [6.07, 6.45) is 0. The molecule has 0 spiro atoms. The number of nitrogens with two attached hydrogens (primary N) is 2. The molecule has 0 amide bonds. The average Bonchev–Trinajstić information content (AvgIpc) is 1.96. The number of halogens is 2. The Morgan fingerprint density at radius 3 is 2.45 bits per heavy atom. The zero-order valence-corrected chi connectivity index (χ0v) is 8.68. The summed E-state index contributed by atoms with van der Waals surface area (Å²) in [7, 11) is 0. The van der Waals surface area contributed by atoms with E-state index in [9.17, 15) is 0 Å². The predicted molar refractivity (Wildman–Crippen MR) is 51.2 cm³/mol. The fourth-order valence-electron chi connectivity index (χ4n) is 0.621. The topological polar surface area (TPSA) is 77.8 Å². The van der Waals surface area contributed by atoms with Gasteiger partial charge in [-0.1, -0.05) is 15.9 Å². The van der Waals surface area contributed by atoms with Crippen LogP contribution in [0.1, 0.15) is 5.69 Å². The fourth-order valence-corrected chi connectivity index (χ4v) is 1.72. The first kappa shape index (κ1) is 8.73. The SMILES string of the molecule is Nc1nc(N)c(Br)c(CBr)n1. The molecule has 60 valence electrons. The lowest BCUT2D eigenvalue weighted by Gasteiger charge is -2.02. The van der Waals surface area contributed by atoms with Gasteiger partial charge in [0.1, 0.15) is 5.82 Å². The highest BCUT2D eigenvalue weighted by molar-refractivity contribution is 9.11. The first-order valence-corrected chi connectivity index (χ1v) is 4.70. The van der Waals surface area contributed by atoms with Crippen LogP contribution in [0.15, 0.2) is 4.47 Å². The Morgan fingerprint density at radius 2 is 1.91 bits per heavy atom. The summed E-state index contributed by atoms with van der Waals surface area (Å²) in [5.74, 6) is 0.562. The maximum atomic E-state index is 5.50. The van der Waals surface area contributed by atoms with Gasteiger partial charge in [0.05, 0.1) is 10.2 Å². The first-order chi connectivity index (χ1) is 5.15. The van der Waals surface area contributed by atoms with Crippen molar-refractivity contribution in [3.8, 4) is 0 Å². The highest BCUT2D eigenvalue weighted by atomic mass is 79.9. The van der Waals surface area contributed by atoms with Crippen LogP contribution in [0, 0.1) is 0 Å². The van der Waals surface area contributed by atoms with Crippen molar-refractivity contribution >= 4 is 43.6 Å². The van der Waals surface area contributed by atoms with Gasteiger partial charge in [0.25, 0.3) is 0 Å². The molecule has 4 nitrogen and oxygen atoms in total. The van der Waals surface area contributed by atoms with Crippen molar-refractivity contribution in [1.29, 1.82) is 0 Å². The van der Waals surface area contributed by atoms with Gasteiger partial charge in [0.15, 0.2) is 0 Å². The van der Waals surface area contributed by atoms with Gasteiger partial charge in [-0.05, 0) is 15.9 Å². The van der Waals surface area contributed by atoms with Crippen molar-refractivity contribution in [1.82, 2.24) is 9.97 Å². The molecule has 1 rings (SSSR count). The van der Waals surface area contributed by atoms with Crippen molar-refractivity contribution < 1.29 is 0 Å². The standard InChI is InChI=1S/C5H6Br2N4/c6-1-2-3(7)4(8)11-5(9)10-2/h1H2,(H4,8,9,10,11). The zero-order valence-electron chi connectivity index (χ0n) is 5.51. The minimum absolute atomic E-state index is 0.195. The lowest BCUT2D eigenvalue weighted by atomic mass is 10.4. The molecule has 0 aliphatic rings. The molecule has 0 unspecified atom stereocenters. The van der Waals surface area contributed by atoms with Gasteiger partial charge < -0.3 is 11.5 Å². The third-order valence-electron chi connectivity index (χ3n) is 1.09. The Morgan fingerprint density at radius 1 is 1.27 bits per heavy atom. The van der Waals surface area contributed by atoms with Gasteiger partial charge >= 0.3 is 0 Å². The molecule has 0 saturated heterocycles. The van der Waals surface area contributed by atoms with Crippen LogP contribution in [0.5, 0.6) is 0 Å². The van der Waals surface area contributed by atoms with Crippen molar-refractivity contribution in [2.24, 2.45) is 0 Å². The number of aromatic nitrogens is 2. The van der Waals surface area contributed by atoms with E-state index in [0.717, 1.165) is 5.69 Å². The average molecular weight is 282 g/mol. The summed E-state index contributed by atoms with van der Waals surface area (Å²) in [6.45, 7) is 0. The van der Waals surface area contributed by atoms with Gasteiger partial charge in [0, 0.05) is 5.33 Å². The molecule has 0 aromatic carbocycles. The van der Waals surface area contributed by atoms with Gasteiger partial charge in [-0.3, -0.25) is 0 Å².